The van der Waals surface area contributed by atoms with Gasteiger partial charge in [-0.15, -0.1) is 0 Å². The van der Waals surface area contributed by atoms with E-state index in [4.69, 9.17) is 9.72 Å². The average Bonchev–Trinajstić information content (AvgIpc) is 3.32. The molecule has 1 aliphatic heterocycles. The largest absolute Gasteiger partial charge is 0.492 e. The maximum Gasteiger partial charge on any atom is 0.243 e. The highest BCUT2D eigenvalue weighted by atomic mass is 32.2. The highest BCUT2D eigenvalue weighted by Gasteiger charge is 2.35. The quantitative estimate of drug-likeness (QED) is 0.377. The zero-order valence-electron chi connectivity index (χ0n) is 21.4. The zero-order valence-corrected chi connectivity index (χ0v) is 23.0. The lowest BCUT2D eigenvalue weighted by molar-refractivity contribution is -0.123. The first kappa shape index (κ1) is 27.4. The number of carbonyl (C=O) groups is 1. The van der Waals surface area contributed by atoms with Crippen LogP contribution < -0.4 is 9.64 Å². The fourth-order valence-electron chi connectivity index (χ4n) is 4.46. The Labute approximate surface area is 221 Å². The van der Waals surface area contributed by atoms with Gasteiger partial charge in [0.1, 0.15) is 17.1 Å². The number of fused-ring (bicyclic) bond motifs is 1. The summed E-state index contributed by atoms with van der Waals surface area (Å²) in [5, 5.41) is 0.632. The van der Waals surface area contributed by atoms with Gasteiger partial charge in [-0.2, -0.15) is 4.31 Å². The number of benzene rings is 2. The van der Waals surface area contributed by atoms with Gasteiger partial charge in [-0.05, 0) is 83.2 Å². The molecule has 0 saturated carbocycles. The molecule has 37 heavy (non-hydrogen) atoms. The maximum atomic E-state index is 13.8. The van der Waals surface area contributed by atoms with Gasteiger partial charge in [0.25, 0.3) is 0 Å². The summed E-state index contributed by atoms with van der Waals surface area (Å²) >= 11 is 1.46. The van der Waals surface area contributed by atoms with E-state index in [0.717, 1.165) is 35.3 Å². The van der Waals surface area contributed by atoms with Crippen molar-refractivity contribution in [3.63, 3.8) is 0 Å². The van der Waals surface area contributed by atoms with Crippen molar-refractivity contribution in [1.29, 1.82) is 0 Å². The second kappa shape index (κ2) is 11.8. The van der Waals surface area contributed by atoms with Crippen LogP contribution >= 0.6 is 11.3 Å². The molecule has 0 N–H and O–H groups in total. The Balaban J connectivity index is 1.52. The topological polar surface area (TPSA) is 83.0 Å². The number of ether oxygens (including phenoxy) is 1. The van der Waals surface area contributed by atoms with E-state index in [1.54, 1.807) is 4.90 Å². The molecule has 0 aliphatic carbocycles. The molecule has 2 heterocycles. The molecule has 0 spiro atoms. The van der Waals surface area contributed by atoms with Crippen molar-refractivity contribution in [1.82, 2.24) is 14.2 Å². The first-order chi connectivity index (χ1) is 17.7. The predicted octanol–water partition coefficient (Wildman–Crippen LogP) is 4.22. The van der Waals surface area contributed by atoms with Gasteiger partial charge >= 0.3 is 0 Å². The Morgan fingerprint density at radius 3 is 2.49 bits per heavy atom. The van der Waals surface area contributed by atoms with E-state index in [9.17, 15) is 17.6 Å². The summed E-state index contributed by atoms with van der Waals surface area (Å²) in [6.45, 7) is 4.26. The van der Waals surface area contributed by atoms with Crippen LogP contribution in [-0.4, -0.2) is 75.4 Å². The third-order valence-corrected chi connectivity index (χ3v) is 9.37. The minimum absolute atomic E-state index is 0.0328. The van der Waals surface area contributed by atoms with E-state index in [2.05, 4.69) is 4.90 Å². The molecule has 0 bridgehead atoms. The zero-order chi connectivity index (χ0) is 26.6. The van der Waals surface area contributed by atoms with Crippen LogP contribution in [0.5, 0.6) is 5.75 Å². The van der Waals surface area contributed by atoms with Crippen molar-refractivity contribution in [2.45, 2.75) is 31.1 Å². The lowest BCUT2D eigenvalue weighted by atomic mass is 9.96. The number of rotatable bonds is 10. The summed E-state index contributed by atoms with van der Waals surface area (Å²) in [7, 11) is 0.251. The Morgan fingerprint density at radius 2 is 1.84 bits per heavy atom. The number of anilines is 1. The van der Waals surface area contributed by atoms with E-state index in [0.29, 0.717) is 36.9 Å². The van der Waals surface area contributed by atoms with Gasteiger partial charge in [0.05, 0.1) is 16.2 Å². The van der Waals surface area contributed by atoms with Crippen molar-refractivity contribution in [2.24, 2.45) is 5.92 Å². The third kappa shape index (κ3) is 6.28. The first-order valence-electron chi connectivity index (χ1n) is 12.4. The summed E-state index contributed by atoms with van der Waals surface area (Å²) < 4.78 is 47.3. The standard InChI is InChI=1S/C26H33FN4O4S2/c1-4-35-22-7-5-8-23-24(22)28-26(36-23)31(16-6-15-29(2)3)25(32)19-13-17-30(18-14-19)37(33,34)21-11-9-20(27)10-12-21/h5,7-12,19H,4,6,13-18H2,1-3H3. The molecule has 2 aromatic carbocycles. The monoisotopic (exact) mass is 548 g/mol. The van der Waals surface area contributed by atoms with Gasteiger partial charge in [0.15, 0.2) is 5.13 Å². The number of carbonyl (C=O) groups excluding carboxylic acids is 1. The average molecular weight is 549 g/mol. The Hall–Kier alpha value is -2.60. The molecule has 1 aromatic heterocycles. The van der Waals surface area contributed by atoms with Gasteiger partial charge in [-0.25, -0.2) is 17.8 Å². The lowest BCUT2D eigenvalue weighted by Crippen LogP contribution is -2.45. The number of aromatic nitrogens is 1. The van der Waals surface area contributed by atoms with Gasteiger partial charge in [-0.3, -0.25) is 9.69 Å². The number of nitrogens with zero attached hydrogens (tertiary/aromatic N) is 4. The molecule has 4 rings (SSSR count). The lowest BCUT2D eigenvalue weighted by Gasteiger charge is -2.33. The van der Waals surface area contributed by atoms with Gasteiger partial charge in [0, 0.05) is 25.6 Å². The highest BCUT2D eigenvalue weighted by Crippen LogP contribution is 2.36. The molecule has 11 heteroatoms. The molecule has 0 atom stereocenters. The Kier molecular flexibility index (Phi) is 8.79. The van der Waals surface area contributed by atoms with Crippen LogP contribution in [0.25, 0.3) is 10.2 Å². The van der Waals surface area contributed by atoms with Crippen LogP contribution in [0.15, 0.2) is 47.4 Å². The van der Waals surface area contributed by atoms with Crippen LogP contribution in [0.4, 0.5) is 9.52 Å². The molecule has 200 valence electrons. The number of halogens is 1. The fourth-order valence-corrected chi connectivity index (χ4v) is 6.95. The SMILES string of the molecule is CCOc1cccc2sc(N(CCCN(C)C)C(=O)C3CCN(S(=O)(=O)c4ccc(F)cc4)CC3)nc12. The minimum atomic E-state index is -3.74. The molecule has 1 fully saturated rings. The van der Waals surface area contributed by atoms with Gasteiger partial charge in [-0.1, -0.05) is 17.4 Å². The molecule has 1 aliphatic rings. The number of amides is 1. The molecule has 3 aromatic rings. The fraction of sp³-hybridized carbons (Fsp3) is 0.462. The van der Waals surface area contributed by atoms with Crippen LogP contribution in [-0.2, 0) is 14.8 Å². The van der Waals surface area contributed by atoms with Crippen LogP contribution in [0, 0.1) is 11.7 Å². The number of sulfonamides is 1. The highest BCUT2D eigenvalue weighted by molar-refractivity contribution is 7.89. The van der Waals surface area contributed by atoms with E-state index in [1.807, 2.05) is 39.2 Å². The summed E-state index contributed by atoms with van der Waals surface area (Å²) in [5.41, 5.74) is 0.745. The van der Waals surface area contributed by atoms with Crippen molar-refractivity contribution < 1.29 is 22.3 Å². The van der Waals surface area contributed by atoms with Crippen LogP contribution in [0.3, 0.4) is 0 Å². The summed E-state index contributed by atoms with van der Waals surface area (Å²) in [6, 6.07) is 10.6. The van der Waals surface area contributed by atoms with Crippen molar-refractivity contribution in [2.75, 3.05) is 51.8 Å². The predicted molar refractivity (Wildman–Crippen MR) is 144 cm³/mol. The van der Waals surface area contributed by atoms with Crippen LogP contribution in [0.1, 0.15) is 26.2 Å². The molecular weight excluding hydrogens is 515 g/mol. The molecule has 8 nitrogen and oxygen atoms in total. The number of thiazole rings is 1. The molecule has 0 unspecified atom stereocenters. The normalized spacial score (nSPS) is 15.4. The van der Waals surface area contributed by atoms with Gasteiger partial charge in [0.2, 0.25) is 15.9 Å². The second-order valence-electron chi connectivity index (χ2n) is 9.31. The summed E-state index contributed by atoms with van der Waals surface area (Å²) in [6.07, 6.45) is 1.61. The van der Waals surface area contributed by atoms with Crippen LogP contribution in [0.2, 0.25) is 0 Å². The molecule has 1 saturated heterocycles. The summed E-state index contributed by atoms with van der Waals surface area (Å²) in [4.78, 5) is 22.5. The third-order valence-electron chi connectivity index (χ3n) is 6.41. The minimum Gasteiger partial charge on any atom is -0.492 e. The maximum absolute atomic E-state index is 13.8. The molecule has 1 amide bonds. The molecular formula is C26H33FN4O4S2. The Morgan fingerprint density at radius 1 is 1.14 bits per heavy atom. The van der Waals surface area contributed by atoms with Crippen molar-refractivity contribution in [3.8, 4) is 5.75 Å². The summed E-state index contributed by atoms with van der Waals surface area (Å²) in [5.74, 6) is -0.129. The number of piperidine rings is 1. The van der Waals surface area contributed by atoms with E-state index >= 15 is 0 Å². The van der Waals surface area contributed by atoms with E-state index in [-0.39, 0.29) is 29.8 Å². The first-order valence-corrected chi connectivity index (χ1v) is 14.7. The molecule has 0 radical (unpaired) electrons. The smallest absolute Gasteiger partial charge is 0.243 e. The van der Waals surface area contributed by atoms with Crippen molar-refractivity contribution in [3.05, 3.63) is 48.3 Å². The van der Waals surface area contributed by atoms with Gasteiger partial charge < -0.3 is 9.64 Å². The number of hydrogen-bond acceptors (Lipinski definition) is 7. The Bertz CT molecular complexity index is 1320. The number of para-hydroxylation sites is 1. The van der Waals surface area contributed by atoms with E-state index < -0.39 is 15.8 Å². The second-order valence-corrected chi connectivity index (χ2v) is 12.3. The number of hydrogen-bond donors (Lipinski definition) is 0. The van der Waals surface area contributed by atoms with Crippen molar-refractivity contribution >= 4 is 42.6 Å². The van der Waals surface area contributed by atoms with E-state index in [1.165, 1.54) is 27.8 Å².